The van der Waals surface area contributed by atoms with Gasteiger partial charge in [-0.25, -0.2) is 15.0 Å². The Bertz CT molecular complexity index is 1400. The quantitative estimate of drug-likeness (QED) is 0.514. The van der Waals surface area contributed by atoms with Crippen LogP contribution in [0.5, 0.6) is 0 Å². The predicted molar refractivity (Wildman–Crippen MR) is 138 cm³/mol. The van der Waals surface area contributed by atoms with Crippen LogP contribution in [0.4, 0.5) is 14.7 Å². The van der Waals surface area contributed by atoms with Gasteiger partial charge in [0.05, 0.1) is 16.8 Å². The molecule has 1 saturated heterocycles. The molecule has 0 unspecified atom stereocenters. The molecule has 2 aromatic heterocycles. The summed E-state index contributed by atoms with van der Waals surface area (Å²) in [7, 11) is 0. The molecule has 0 radical (unpaired) electrons. The van der Waals surface area contributed by atoms with Crippen LogP contribution < -0.4 is 15.6 Å². The van der Waals surface area contributed by atoms with E-state index in [-0.39, 0.29) is 11.5 Å². The second kappa shape index (κ2) is 10.6. The van der Waals surface area contributed by atoms with E-state index in [1.165, 1.54) is 19.1 Å². The van der Waals surface area contributed by atoms with Crippen molar-refractivity contribution in [3.05, 3.63) is 71.2 Å². The molecule has 0 saturated carbocycles. The summed E-state index contributed by atoms with van der Waals surface area (Å²) in [6.45, 7) is 8.48. The van der Waals surface area contributed by atoms with Crippen LogP contribution in [-0.4, -0.2) is 38.9 Å². The Labute approximate surface area is 209 Å². The van der Waals surface area contributed by atoms with Crippen molar-refractivity contribution in [1.29, 1.82) is 5.26 Å². The highest BCUT2D eigenvalue weighted by Crippen LogP contribution is 2.26. The van der Waals surface area contributed by atoms with E-state index in [4.69, 9.17) is 5.26 Å². The van der Waals surface area contributed by atoms with Crippen LogP contribution in [-0.2, 0) is 0 Å². The maximum Gasteiger partial charge on any atom is 0.287 e. The zero-order valence-corrected chi connectivity index (χ0v) is 20.4. The smallest absolute Gasteiger partial charge is 0.287 e. The number of hydrogen-bond donors (Lipinski definition) is 1. The molecular weight excluding hydrogens is 458 g/mol. The van der Waals surface area contributed by atoms with Gasteiger partial charge in [-0.3, -0.25) is 0 Å². The fraction of sp³-hybridized carbons (Fsp3) is 0.286. The van der Waals surface area contributed by atoms with E-state index < -0.39 is 5.92 Å². The van der Waals surface area contributed by atoms with Crippen LogP contribution in [0.25, 0.3) is 35.2 Å². The van der Waals surface area contributed by atoms with Crippen molar-refractivity contribution < 1.29 is 8.78 Å². The number of nitrogens with zero attached hydrogens (tertiary/aromatic N) is 5. The van der Waals surface area contributed by atoms with Crippen molar-refractivity contribution in [2.24, 2.45) is 5.92 Å². The van der Waals surface area contributed by atoms with Crippen LogP contribution in [0.3, 0.4) is 0 Å². The van der Waals surface area contributed by atoms with Gasteiger partial charge in [-0.1, -0.05) is 43.0 Å². The van der Waals surface area contributed by atoms with Gasteiger partial charge in [0.25, 0.3) is 5.92 Å². The minimum Gasteiger partial charge on any atom is -0.341 e. The Morgan fingerprint density at radius 1 is 1.14 bits per heavy atom. The molecule has 1 aliphatic rings. The third kappa shape index (κ3) is 5.57. The maximum absolute atomic E-state index is 14.0. The Morgan fingerprint density at radius 3 is 2.39 bits per heavy atom. The van der Waals surface area contributed by atoms with E-state index >= 15 is 0 Å². The topological polar surface area (TPSA) is 81.5 Å². The molecule has 36 heavy (non-hydrogen) atoms. The van der Waals surface area contributed by atoms with Gasteiger partial charge in [0.1, 0.15) is 5.82 Å². The summed E-state index contributed by atoms with van der Waals surface area (Å²) in [6.07, 6.45) is 10.4. The fourth-order valence-corrected chi connectivity index (χ4v) is 4.02. The van der Waals surface area contributed by atoms with E-state index in [0.717, 1.165) is 48.7 Å². The van der Waals surface area contributed by atoms with E-state index in [1.807, 2.05) is 24.3 Å². The number of aromatic nitrogens is 4. The standard InChI is InChI=1S/C28H28F2N6/c1-4-13-28(29,30)19(2)5-10-25-20(3)34-26(35-25)23-8-6-22(7-9-23)24-17-32-27(33-18-24)36-14-11-21(16-31)12-15-36/h4-10,13,17-18,21H,3,11-12,14-15H2,1-2H3,(H,34,35). The first-order valence-corrected chi connectivity index (χ1v) is 11.8. The van der Waals surface area contributed by atoms with Crippen molar-refractivity contribution in [1.82, 2.24) is 19.9 Å². The number of H-pyrrole nitrogens is 1. The van der Waals surface area contributed by atoms with Crippen LogP contribution in [0, 0.1) is 17.2 Å². The molecule has 0 amide bonds. The predicted octanol–water partition coefficient (Wildman–Crippen LogP) is 4.62. The first-order valence-electron chi connectivity index (χ1n) is 11.8. The number of allylic oxidation sites excluding steroid dienone is 4. The second-order valence-electron chi connectivity index (χ2n) is 8.83. The Kier molecular flexibility index (Phi) is 7.39. The zero-order valence-electron chi connectivity index (χ0n) is 20.4. The number of nitrogens with one attached hydrogen (secondary N) is 1. The molecule has 1 N–H and O–H groups in total. The van der Waals surface area contributed by atoms with Gasteiger partial charge in [0, 0.05) is 42.5 Å². The number of nitriles is 1. The number of imidazole rings is 1. The Hall–Kier alpha value is -4.12. The van der Waals surface area contributed by atoms with Crippen LogP contribution >= 0.6 is 0 Å². The minimum atomic E-state index is -3.00. The molecule has 0 spiro atoms. The third-order valence-corrected chi connectivity index (χ3v) is 6.29. The average Bonchev–Trinajstić information content (AvgIpc) is 3.27. The van der Waals surface area contributed by atoms with E-state index in [0.29, 0.717) is 22.5 Å². The lowest BCUT2D eigenvalue weighted by Gasteiger charge is -2.29. The van der Waals surface area contributed by atoms with Gasteiger partial charge in [-0.15, -0.1) is 0 Å². The van der Waals surface area contributed by atoms with Gasteiger partial charge in [0.2, 0.25) is 5.95 Å². The summed E-state index contributed by atoms with van der Waals surface area (Å²) in [4.78, 5) is 18.8. The van der Waals surface area contributed by atoms with Gasteiger partial charge < -0.3 is 9.88 Å². The summed E-state index contributed by atoms with van der Waals surface area (Å²) >= 11 is 0. The third-order valence-electron chi connectivity index (χ3n) is 6.29. The molecule has 8 heteroatoms. The lowest BCUT2D eigenvalue weighted by Crippen LogP contribution is -2.34. The van der Waals surface area contributed by atoms with Gasteiger partial charge >= 0.3 is 0 Å². The molecule has 1 fully saturated rings. The van der Waals surface area contributed by atoms with Crippen molar-refractivity contribution in [2.45, 2.75) is 32.6 Å². The molecule has 0 aliphatic carbocycles. The van der Waals surface area contributed by atoms with Crippen molar-refractivity contribution in [3.63, 3.8) is 0 Å². The molecule has 4 rings (SSSR count). The molecule has 3 aromatic rings. The number of alkyl halides is 2. The highest BCUT2D eigenvalue weighted by atomic mass is 19.3. The first-order chi connectivity index (χ1) is 17.3. The van der Waals surface area contributed by atoms with Crippen molar-refractivity contribution in [3.8, 4) is 28.6 Å². The summed E-state index contributed by atoms with van der Waals surface area (Å²) in [6, 6.07) is 10.1. The number of aromatic amines is 1. The number of rotatable bonds is 6. The summed E-state index contributed by atoms with van der Waals surface area (Å²) in [5.74, 6) is -1.59. The fourth-order valence-electron chi connectivity index (χ4n) is 4.02. The molecule has 184 valence electrons. The minimum absolute atomic E-state index is 0.0752. The number of anilines is 1. The van der Waals surface area contributed by atoms with Gasteiger partial charge in [-0.2, -0.15) is 14.0 Å². The van der Waals surface area contributed by atoms with Crippen LogP contribution in [0.1, 0.15) is 26.7 Å². The molecule has 1 aromatic carbocycles. The summed E-state index contributed by atoms with van der Waals surface area (Å²) < 4.78 is 27.9. The number of benzene rings is 1. The molecular formula is C28H28F2N6. The van der Waals surface area contributed by atoms with Crippen molar-refractivity contribution >= 4 is 18.6 Å². The highest BCUT2D eigenvalue weighted by Gasteiger charge is 2.26. The molecule has 3 heterocycles. The Morgan fingerprint density at radius 2 is 1.78 bits per heavy atom. The number of halogens is 2. The largest absolute Gasteiger partial charge is 0.341 e. The first kappa shape index (κ1) is 25.0. The van der Waals surface area contributed by atoms with Gasteiger partial charge in [-0.05, 0) is 50.0 Å². The number of hydrogen-bond acceptors (Lipinski definition) is 5. The highest BCUT2D eigenvalue weighted by molar-refractivity contribution is 5.67. The second-order valence-corrected chi connectivity index (χ2v) is 8.83. The number of piperidine rings is 1. The van der Waals surface area contributed by atoms with Crippen LogP contribution in [0.2, 0.25) is 0 Å². The monoisotopic (exact) mass is 486 g/mol. The average molecular weight is 487 g/mol. The van der Waals surface area contributed by atoms with E-state index in [2.05, 4.69) is 37.5 Å². The maximum atomic E-state index is 14.0. The van der Waals surface area contributed by atoms with Crippen molar-refractivity contribution in [2.75, 3.05) is 18.0 Å². The normalized spacial score (nSPS) is 16.0. The lowest BCUT2D eigenvalue weighted by molar-refractivity contribution is 0.0971. The lowest BCUT2D eigenvalue weighted by atomic mass is 9.99. The van der Waals surface area contributed by atoms with E-state index in [9.17, 15) is 8.78 Å². The summed E-state index contributed by atoms with van der Waals surface area (Å²) in [5, 5.41) is 10.1. The van der Waals surface area contributed by atoms with Gasteiger partial charge in [0.15, 0.2) is 0 Å². The van der Waals surface area contributed by atoms with Crippen LogP contribution in [0.15, 0.2) is 60.5 Å². The van der Waals surface area contributed by atoms with E-state index in [1.54, 1.807) is 25.4 Å². The Balaban J connectivity index is 1.49. The molecule has 0 atom stereocenters. The SMILES string of the molecule is C=c1[nH]c(-c2ccc(-c3cnc(N4CCC(C#N)CC4)nc3)cc2)nc1=CC=C(C)C(F)(F)C=CC. The molecule has 6 nitrogen and oxygen atoms in total. The zero-order chi connectivity index (χ0) is 25.7. The molecule has 0 bridgehead atoms. The summed E-state index contributed by atoms with van der Waals surface area (Å²) in [5.41, 5.74) is 2.63. The molecule has 1 aliphatic heterocycles.